The first kappa shape index (κ1) is 21.3. The van der Waals surface area contributed by atoms with Gasteiger partial charge in [0.15, 0.2) is 9.84 Å². The van der Waals surface area contributed by atoms with Crippen molar-refractivity contribution >= 4 is 21.2 Å². The molecule has 0 aliphatic carbocycles. The molecule has 4 rings (SSSR count). The van der Waals surface area contributed by atoms with E-state index in [2.05, 4.69) is 10.3 Å². The molecule has 4 aromatic rings. The molecule has 31 heavy (non-hydrogen) atoms. The molecule has 162 valence electrons. The maximum absolute atomic E-state index is 13.6. The van der Waals surface area contributed by atoms with Gasteiger partial charge in [0, 0.05) is 17.2 Å². The molecule has 0 unspecified atom stereocenters. The summed E-state index contributed by atoms with van der Waals surface area (Å²) in [5, 5.41) is 7.88. The van der Waals surface area contributed by atoms with Gasteiger partial charge in [-0.2, -0.15) is 18.3 Å². The Bertz CT molecular complexity index is 1350. The minimum atomic E-state index is -4.59. The molecule has 0 spiro atoms. The van der Waals surface area contributed by atoms with Crippen LogP contribution in [0.5, 0.6) is 0 Å². The molecule has 0 amide bonds. The Balaban J connectivity index is 1.70. The fourth-order valence-corrected chi connectivity index (χ4v) is 4.67. The highest BCUT2D eigenvalue weighted by atomic mass is 32.2. The molecule has 0 fully saturated rings. The maximum Gasteiger partial charge on any atom is 0.433 e. The van der Waals surface area contributed by atoms with Crippen LogP contribution in [0.25, 0.3) is 21.0 Å². The highest BCUT2D eigenvalue weighted by Gasteiger charge is 2.36. The summed E-state index contributed by atoms with van der Waals surface area (Å²) in [7, 11) is -3.38. The summed E-state index contributed by atoms with van der Waals surface area (Å²) < 4.78 is 70.0. The lowest BCUT2D eigenvalue weighted by Gasteiger charge is -2.08. The molecule has 0 atom stereocenters. The van der Waals surface area contributed by atoms with Gasteiger partial charge in [0.2, 0.25) is 0 Å². The maximum atomic E-state index is 13.6. The number of thiophene rings is 1. The van der Waals surface area contributed by atoms with Crippen LogP contribution in [0.2, 0.25) is 0 Å². The summed E-state index contributed by atoms with van der Waals surface area (Å²) >= 11 is 1.23. The molecule has 0 radical (unpaired) electrons. The molecular formula is C20H16F3N3O3S2. The van der Waals surface area contributed by atoms with Crippen LogP contribution in [0.4, 0.5) is 13.2 Å². The van der Waals surface area contributed by atoms with Crippen molar-refractivity contribution in [2.75, 3.05) is 6.26 Å². The van der Waals surface area contributed by atoms with E-state index >= 15 is 0 Å². The van der Waals surface area contributed by atoms with E-state index in [1.165, 1.54) is 23.5 Å². The van der Waals surface area contributed by atoms with Gasteiger partial charge in [0.1, 0.15) is 22.8 Å². The van der Waals surface area contributed by atoms with E-state index in [4.69, 9.17) is 4.52 Å². The van der Waals surface area contributed by atoms with Crippen molar-refractivity contribution < 1.29 is 26.1 Å². The van der Waals surface area contributed by atoms with Gasteiger partial charge in [-0.05, 0) is 42.8 Å². The summed E-state index contributed by atoms with van der Waals surface area (Å²) in [5.74, 6) is 0.496. The third kappa shape index (κ3) is 4.57. The van der Waals surface area contributed by atoms with Crippen molar-refractivity contribution in [3.8, 4) is 21.0 Å². The van der Waals surface area contributed by atoms with Gasteiger partial charge in [0.05, 0.1) is 16.3 Å². The number of aromatic nitrogens is 3. The molecule has 0 bridgehead atoms. The van der Waals surface area contributed by atoms with Gasteiger partial charge < -0.3 is 4.52 Å². The standard InChI is InChI=1S/C20H16F3N3O3S2/c1-12-8-14(25-29-12)11-26-19(20(21,22)23)10-16(24-26)18-7-6-17(30-18)13-4-3-5-15(9-13)31(2,27)28/h3-10H,11H2,1-2H3. The van der Waals surface area contributed by atoms with Crippen LogP contribution in [0.1, 0.15) is 17.1 Å². The van der Waals surface area contributed by atoms with Crippen LogP contribution in [-0.4, -0.2) is 29.6 Å². The molecule has 11 heteroatoms. The number of nitrogens with zero attached hydrogens (tertiary/aromatic N) is 3. The van der Waals surface area contributed by atoms with Crippen LogP contribution in [0.15, 0.2) is 57.9 Å². The van der Waals surface area contributed by atoms with Crippen molar-refractivity contribution in [1.82, 2.24) is 14.9 Å². The third-order valence-electron chi connectivity index (χ3n) is 4.46. The van der Waals surface area contributed by atoms with Crippen molar-refractivity contribution in [2.24, 2.45) is 0 Å². The largest absolute Gasteiger partial charge is 0.433 e. The number of benzene rings is 1. The Morgan fingerprint density at radius 2 is 1.84 bits per heavy atom. The Morgan fingerprint density at radius 3 is 2.48 bits per heavy atom. The molecule has 3 aromatic heterocycles. The Morgan fingerprint density at radius 1 is 1.10 bits per heavy atom. The van der Waals surface area contributed by atoms with Crippen LogP contribution >= 0.6 is 11.3 Å². The Kier molecular flexibility index (Phi) is 5.26. The molecule has 0 saturated carbocycles. The van der Waals surface area contributed by atoms with Gasteiger partial charge >= 0.3 is 6.18 Å². The second kappa shape index (κ2) is 7.65. The van der Waals surface area contributed by atoms with E-state index in [0.717, 1.165) is 21.9 Å². The van der Waals surface area contributed by atoms with Gasteiger partial charge in [-0.1, -0.05) is 17.3 Å². The molecule has 0 N–H and O–H groups in total. The van der Waals surface area contributed by atoms with E-state index in [0.29, 0.717) is 21.9 Å². The van der Waals surface area contributed by atoms with Gasteiger partial charge in [-0.25, -0.2) is 8.42 Å². The van der Waals surface area contributed by atoms with Crippen molar-refractivity contribution in [3.63, 3.8) is 0 Å². The minimum Gasteiger partial charge on any atom is -0.361 e. The molecular weight excluding hydrogens is 451 g/mol. The topological polar surface area (TPSA) is 78.0 Å². The van der Waals surface area contributed by atoms with Crippen molar-refractivity contribution in [3.05, 3.63) is 65.7 Å². The summed E-state index contributed by atoms with van der Waals surface area (Å²) in [4.78, 5) is 1.42. The first-order chi connectivity index (χ1) is 14.5. The fraction of sp³-hybridized carbons (Fsp3) is 0.200. The fourth-order valence-electron chi connectivity index (χ4n) is 3.04. The van der Waals surface area contributed by atoms with Crippen molar-refractivity contribution in [2.45, 2.75) is 24.5 Å². The van der Waals surface area contributed by atoms with Crippen LogP contribution in [0.3, 0.4) is 0 Å². The Labute approximate surface area is 179 Å². The predicted molar refractivity (Wildman–Crippen MR) is 109 cm³/mol. The average molecular weight is 467 g/mol. The normalized spacial score (nSPS) is 12.4. The second-order valence-corrected chi connectivity index (χ2v) is 10.1. The third-order valence-corrected chi connectivity index (χ3v) is 6.73. The number of alkyl halides is 3. The first-order valence-electron chi connectivity index (χ1n) is 8.98. The van der Waals surface area contributed by atoms with Crippen molar-refractivity contribution in [1.29, 1.82) is 0 Å². The average Bonchev–Trinajstić information content (AvgIpc) is 3.40. The quantitative estimate of drug-likeness (QED) is 0.411. The zero-order valence-corrected chi connectivity index (χ0v) is 18.0. The van der Waals surface area contributed by atoms with Gasteiger partial charge in [-0.3, -0.25) is 4.68 Å². The number of hydrogen-bond acceptors (Lipinski definition) is 6. The second-order valence-electron chi connectivity index (χ2n) is 6.96. The summed E-state index contributed by atoms with van der Waals surface area (Å²) in [6.07, 6.45) is -3.47. The van der Waals surface area contributed by atoms with Gasteiger partial charge in [-0.15, -0.1) is 11.3 Å². The van der Waals surface area contributed by atoms with E-state index in [1.54, 1.807) is 37.3 Å². The minimum absolute atomic E-state index is 0.169. The highest BCUT2D eigenvalue weighted by molar-refractivity contribution is 7.90. The van der Waals surface area contributed by atoms with E-state index in [9.17, 15) is 21.6 Å². The number of sulfone groups is 1. The smallest absolute Gasteiger partial charge is 0.361 e. The van der Waals surface area contributed by atoms with E-state index in [1.807, 2.05) is 0 Å². The summed E-state index contributed by atoms with van der Waals surface area (Å²) in [6, 6.07) is 12.4. The monoisotopic (exact) mass is 467 g/mol. The Hall–Kier alpha value is -2.92. The first-order valence-corrected chi connectivity index (χ1v) is 11.7. The lowest BCUT2D eigenvalue weighted by atomic mass is 10.2. The predicted octanol–water partition coefficient (Wildman–Crippen LogP) is 5.05. The molecule has 6 nitrogen and oxygen atoms in total. The van der Waals surface area contributed by atoms with E-state index in [-0.39, 0.29) is 17.1 Å². The lowest BCUT2D eigenvalue weighted by molar-refractivity contribution is -0.144. The molecule has 0 aliphatic heterocycles. The number of rotatable bonds is 5. The zero-order chi connectivity index (χ0) is 22.4. The molecule has 1 aromatic carbocycles. The van der Waals surface area contributed by atoms with Gasteiger partial charge in [0.25, 0.3) is 0 Å². The lowest BCUT2D eigenvalue weighted by Crippen LogP contribution is -2.15. The molecule has 0 aliphatic rings. The van der Waals surface area contributed by atoms with Crippen LogP contribution < -0.4 is 0 Å². The van der Waals surface area contributed by atoms with Crippen LogP contribution in [0, 0.1) is 6.92 Å². The van der Waals surface area contributed by atoms with E-state index < -0.39 is 21.7 Å². The highest BCUT2D eigenvalue weighted by Crippen LogP contribution is 2.38. The number of aryl methyl sites for hydroxylation is 1. The number of hydrogen-bond donors (Lipinski definition) is 0. The molecule has 3 heterocycles. The SMILES string of the molecule is Cc1cc(Cn2nc(-c3ccc(-c4cccc(S(C)(=O)=O)c4)s3)cc2C(F)(F)F)no1. The zero-order valence-electron chi connectivity index (χ0n) is 16.3. The summed E-state index contributed by atoms with van der Waals surface area (Å²) in [5.41, 5.74) is 0.273. The van der Waals surface area contributed by atoms with Crippen LogP contribution in [-0.2, 0) is 22.6 Å². The number of halogens is 3. The molecule has 0 saturated heterocycles. The summed E-state index contributed by atoms with van der Waals surface area (Å²) in [6.45, 7) is 1.47.